The van der Waals surface area contributed by atoms with Gasteiger partial charge in [-0.1, -0.05) is 24.3 Å². The van der Waals surface area contributed by atoms with Crippen LogP contribution < -0.4 is 0 Å². The molecule has 1 atom stereocenters. The van der Waals surface area contributed by atoms with Gasteiger partial charge in [-0.15, -0.1) is 0 Å². The van der Waals surface area contributed by atoms with Crippen molar-refractivity contribution >= 4 is 12.0 Å². The predicted octanol–water partition coefficient (Wildman–Crippen LogP) is 3.70. The van der Waals surface area contributed by atoms with Gasteiger partial charge in [0.1, 0.15) is 5.60 Å². The van der Waals surface area contributed by atoms with Gasteiger partial charge < -0.3 is 14.5 Å². The molecule has 7 nitrogen and oxygen atoms in total. The van der Waals surface area contributed by atoms with Crippen LogP contribution in [0.3, 0.4) is 0 Å². The van der Waals surface area contributed by atoms with Crippen molar-refractivity contribution in [2.24, 2.45) is 0 Å². The Labute approximate surface area is 184 Å². The van der Waals surface area contributed by atoms with E-state index < -0.39 is 5.60 Å². The Morgan fingerprint density at radius 3 is 2.35 bits per heavy atom. The van der Waals surface area contributed by atoms with Gasteiger partial charge in [-0.25, -0.2) is 4.79 Å². The second-order valence-corrected chi connectivity index (χ2v) is 9.49. The van der Waals surface area contributed by atoms with Gasteiger partial charge >= 0.3 is 6.09 Å². The Morgan fingerprint density at radius 2 is 1.71 bits per heavy atom. The highest BCUT2D eigenvalue weighted by Crippen LogP contribution is 2.24. The summed E-state index contributed by atoms with van der Waals surface area (Å²) in [6.45, 7) is 8.29. The number of likely N-dealkylation sites (tertiary alicyclic amines) is 1. The quantitative estimate of drug-likeness (QED) is 0.737. The molecule has 1 aromatic heterocycles. The Bertz CT molecular complexity index is 919. The molecule has 2 aliphatic rings. The molecule has 0 radical (unpaired) electrons. The molecule has 4 rings (SSSR count). The fraction of sp³-hybridized carbons (Fsp3) is 0.542. The number of hydrogen-bond acceptors (Lipinski definition) is 4. The summed E-state index contributed by atoms with van der Waals surface area (Å²) >= 11 is 0. The van der Waals surface area contributed by atoms with Crippen molar-refractivity contribution in [3.63, 3.8) is 0 Å². The normalized spacial score (nSPS) is 19.5. The maximum atomic E-state index is 13.1. The van der Waals surface area contributed by atoms with Crippen molar-refractivity contribution in [3.05, 3.63) is 53.3 Å². The molecule has 1 fully saturated rings. The fourth-order valence-corrected chi connectivity index (χ4v) is 4.36. The van der Waals surface area contributed by atoms with Crippen LogP contribution in [0, 0.1) is 0 Å². The van der Waals surface area contributed by atoms with Crippen molar-refractivity contribution in [2.45, 2.75) is 58.1 Å². The highest BCUT2D eigenvalue weighted by molar-refractivity contribution is 5.93. The summed E-state index contributed by atoms with van der Waals surface area (Å²) in [4.78, 5) is 29.2. The van der Waals surface area contributed by atoms with Crippen LogP contribution in [0.2, 0.25) is 0 Å². The van der Waals surface area contributed by atoms with Crippen LogP contribution in [-0.4, -0.2) is 63.4 Å². The highest BCUT2D eigenvalue weighted by Gasteiger charge is 2.29. The van der Waals surface area contributed by atoms with E-state index in [1.165, 1.54) is 11.1 Å². The summed E-state index contributed by atoms with van der Waals surface area (Å²) < 4.78 is 7.36. The zero-order valence-electron chi connectivity index (χ0n) is 18.7. The number of aromatic nitrogens is 2. The van der Waals surface area contributed by atoms with Crippen molar-refractivity contribution in [3.8, 4) is 0 Å². The lowest BCUT2D eigenvalue weighted by Gasteiger charge is -2.34. The molecule has 2 aliphatic heterocycles. The lowest BCUT2D eigenvalue weighted by Crippen LogP contribution is -2.43. The molecule has 31 heavy (non-hydrogen) atoms. The molecular weight excluding hydrogens is 392 g/mol. The molecule has 3 heterocycles. The Balaban J connectivity index is 1.40. The number of ether oxygens (including phenoxy) is 1. The number of nitrogens with zero attached hydrogens (tertiary/aromatic N) is 4. The second-order valence-electron chi connectivity index (χ2n) is 9.49. The lowest BCUT2D eigenvalue weighted by atomic mass is 10.0. The summed E-state index contributed by atoms with van der Waals surface area (Å²) in [6.07, 6.45) is 6.78. The molecule has 0 N–H and O–H groups in total. The Kier molecular flexibility index (Phi) is 6.03. The van der Waals surface area contributed by atoms with E-state index in [-0.39, 0.29) is 18.0 Å². The molecule has 2 aromatic rings. The van der Waals surface area contributed by atoms with Gasteiger partial charge in [0.15, 0.2) is 0 Å². The minimum Gasteiger partial charge on any atom is -0.444 e. The van der Waals surface area contributed by atoms with E-state index in [1.54, 1.807) is 11.1 Å². The van der Waals surface area contributed by atoms with Crippen LogP contribution in [0.15, 0.2) is 36.7 Å². The molecule has 2 amide bonds. The second kappa shape index (κ2) is 8.73. The first kappa shape index (κ1) is 21.4. The van der Waals surface area contributed by atoms with Gasteiger partial charge in [0.05, 0.1) is 17.8 Å². The molecule has 0 aliphatic carbocycles. The van der Waals surface area contributed by atoms with Gasteiger partial charge in [0.25, 0.3) is 5.91 Å². The molecular formula is C24H32N4O3. The number of piperidine rings is 1. The molecule has 7 heteroatoms. The number of amides is 2. The number of carbonyl (C=O) groups excluding carboxylic acids is 2. The van der Waals surface area contributed by atoms with Crippen LogP contribution in [0.5, 0.6) is 0 Å². The average molecular weight is 425 g/mol. The first-order chi connectivity index (χ1) is 14.8. The van der Waals surface area contributed by atoms with Gasteiger partial charge in [-0.05, 0) is 57.6 Å². The zero-order valence-corrected chi connectivity index (χ0v) is 18.7. The van der Waals surface area contributed by atoms with Crippen LogP contribution in [-0.2, 0) is 17.6 Å². The SMILES string of the molecule is CC(C)(C)OC(=O)N1CCC[C@@H](n2cc(C(=O)N3CCc4ccccc4CC3)cn2)C1. The standard InChI is InChI=1S/C24H32N4O3/c1-24(2,3)31-23(30)27-12-6-9-21(17-27)28-16-20(15-25-28)22(29)26-13-10-18-7-4-5-8-19(18)11-14-26/h4-5,7-8,15-16,21H,6,9-14,17H2,1-3H3/t21-/m1/s1. The molecule has 0 spiro atoms. The van der Waals surface area contributed by atoms with Crippen LogP contribution >= 0.6 is 0 Å². The highest BCUT2D eigenvalue weighted by atomic mass is 16.6. The molecule has 0 unspecified atom stereocenters. The minimum atomic E-state index is -0.512. The van der Waals surface area contributed by atoms with Gasteiger partial charge in [0, 0.05) is 32.4 Å². The topological polar surface area (TPSA) is 67.7 Å². The monoisotopic (exact) mass is 424 g/mol. The maximum Gasteiger partial charge on any atom is 0.410 e. The van der Waals surface area contributed by atoms with E-state index >= 15 is 0 Å². The third-order valence-corrected chi connectivity index (χ3v) is 5.98. The fourth-order valence-electron chi connectivity index (χ4n) is 4.36. The zero-order chi connectivity index (χ0) is 22.0. The summed E-state index contributed by atoms with van der Waals surface area (Å²) in [7, 11) is 0. The maximum absolute atomic E-state index is 13.1. The number of carbonyl (C=O) groups is 2. The predicted molar refractivity (Wildman–Crippen MR) is 118 cm³/mol. The van der Waals surface area contributed by atoms with E-state index in [9.17, 15) is 9.59 Å². The van der Waals surface area contributed by atoms with Crippen molar-refractivity contribution in [1.29, 1.82) is 0 Å². The third-order valence-electron chi connectivity index (χ3n) is 5.98. The van der Waals surface area contributed by atoms with Crippen LogP contribution in [0.25, 0.3) is 0 Å². The van der Waals surface area contributed by atoms with E-state index in [0.29, 0.717) is 18.7 Å². The molecule has 166 valence electrons. The van der Waals surface area contributed by atoms with E-state index in [2.05, 4.69) is 29.4 Å². The van der Waals surface area contributed by atoms with Crippen molar-refractivity contribution < 1.29 is 14.3 Å². The van der Waals surface area contributed by atoms with Crippen molar-refractivity contribution in [1.82, 2.24) is 19.6 Å². The number of fused-ring (bicyclic) bond motifs is 1. The average Bonchev–Trinajstić information content (AvgIpc) is 3.13. The van der Waals surface area contributed by atoms with Gasteiger partial charge in [-0.2, -0.15) is 5.10 Å². The molecule has 1 saturated heterocycles. The van der Waals surface area contributed by atoms with Crippen molar-refractivity contribution in [2.75, 3.05) is 26.2 Å². The molecule has 1 aromatic carbocycles. The summed E-state index contributed by atoms with van der Waals surface area (Å²) in [5.41, 5.74) is 2.76. The first-order valence-corrected chi connectivity index (χ1v) is 11.2. The Morgan fingerprint density at radius 1 is 1.03 bits per heavy atom. The number of hydrogen-bond donors (Lipinski definition) is 0. The Hall–Kier alpha value is -2.83. The lowest BCUT2D eigenvalue weighted by molar-refractivity contribution is 0.0167. The van der Waals surface area contributed by atoms with E-state index in [1.807, 2.05) is 36.5 Å². The first-order valence-electron chi connectivity index (χ1n) is 11.2. The third kappa shape index (κ3) is 5.09. The van der Waals surface area contributed by atoms with Gasteiger partial charge in [0.2, 0.25) is 0 Å². The van der Waals surface area contributed by atoms with Crippen LogP contribution in [0.4, 0.5) is 4.79 Å². The van der Waals surface area contributed by atoms with Gasteiger partial charge in [-0.3, -0.25) is 9.48 Å². The molecule has 0 bridgehead atoms. The van der Waals surface area contributed by atoms with E-state index in [0.717, 1.165) is 38.8 Å². The minimum absolute atomic E-state index is 0.0267. The molecule has 0 saturated carbocycles. The van der Waals surface area contributed by atoms with E-state index in [4.69, 9.17) is 4.74 Å². The smallest absolute Gasteiger partial charge is 0.410 e. The van der Waals surface area contributed by atoms with Crippen LogP contribution in [0.1, 0.15) is 61.1 Å². The summed E-state index contributed by atoms with van der Waals surface area (Å²) in [6, 6.07) is 8.48. The summed E-state index contributed by atoms with van der Waals surface area (Å²) in [5, 5.41) is 4.48. The largest absolute Gasteiger partial charge is 0.444 e. The number of rotatable bonds is 2. The summed E-state index contributed by atoms with van der Waals surface area (Å²) in [5.74, 6) is 0.0267. The number of benzene rings is 1.